The minimum Gasteiger partial charge on any atom is -0.354 e. The number of carbonyl (C=O) groups excluding carboxylic acids is 3. The average Bonchev–Trinajstić information content (AvgIpc) is 3.43. The standard InChI is InChI=1S/C22H27N3O3S/c1-2-16-8-3-4-9-17(16)25-21(28)20(27)23-14-19(26)24-15-22(11-5-6-12-22)18-10-7-13-29-18/h3-4,7-10,13H,2,5-6,11-12,14-15H2,1H3,(H,23,27)(H,24,26)(H,25,28). The van der Waals surface area contributed by atoms with Crippen LogP contribution in [0.15, 0.2) is 41.8 Å². The lowest BCUT2D eigenvalue weighted by molar-refractivity contribution is -0.136. The second-order valence-electron chi connectivity index (χ2n) is 7.39. The van der Waals surface area contributed by atoms with Crippen molar-refractivity contribution in [3.8, 4) is 0 Å². The van der Waals surface area contributed by atoms with Gasteiger partial charge in [0, 0.05) is 22.5 Å². The van der Waals surface area contributed by atoms with Crippen LogP contribution in [0.25, 0.3) is 0 Å². The highest BCUT2D eigenvalue weighted by Crippen LogP contribution is 2.42. The Morgan fingerprint density at radius 3 is 2.45 bits per heavy atom. The highest BCUT2D eigenvalue weighted by Gasteiger charge is 2.36. The van der Waals surface area contributed by atoms with Crippen molar-refractivity contribution in [2.45, 2.75) is 44.4 Å². The average molecular weight is 414 g/mol. The van der Waals surface area contributed by atoms with Gasteiger partial charge in [-0.25, -0.2) is 0 Å². The van der Waals surface area contributed by atoms with E-state index >= 15 is 0 Å². The summed E-state index contributed by atoms with van der Waals surface area (Å²) < 4.78 is 0. The van der Waals surface area contributed by atoms with E-state index < -0.39 is 11.8 Å². The van der Waals surface area contributed by atoms with Gasteiger partial charge in [0.1, 0.15) is 0 Å². The molecular weight excluding hydrogens is 386 g/mol. The third-order valence-electron chi connectivity index (χ3n) is 5.49. The first-order valence-electron chi connectivity index (χ1n) is 10.0. The minimum atomic E-state index is -0.820. The lowest BCUT2D eigenvalue weighted by Crippen LogP contribution is -2.45. The van der Waals surface area contributed by atoms with Gasteiger partial charge in [-0.2, -0.15) is 0 Å². The molecule has 0 saturated heterocycles. The molecule has 1 aliphatic rings. The summed E-state index contributed by atoms with van der Waals surface area (Å²) in [5.74, 6) is -1.88. The highest BCUT2D eigenvalue weighted by molar-refractivity contribution is 7.10. The van der Waals surface area contributed by atoms with E-state index in [1.54, 1.807) is 23.5 Å². The summed E-state index contributed by atoms with van der Waals surface area (Å²) in [4.78, 5) is 37.7. The van der Waals surface area contributed by atoms with Gasteiger partial charge in [-0.1, -0.05) is 44.0 Å². The van der Waals surface area contributed by atoms with Crippen LogP contribution in [-0.4, -0.2) is 30.8 Å². The van der Waals surface area contributed by atoms with Gasteiger partial charge in [0.15, 0.2) is 0 Å². The van der Waals surface area contributed by atoms with Crippen molar-refractivity contribution in [1.29, 1.82) is 0 Å². The molecule has 1 aromatic heterocycles. The summed E-state index contributed by atoms with van der Waals surface area (Å²) in [6.07, 6.45) is 5.17. The molecule has 1 aliphatic carbocycles. The molecule has 1 saturated carbocycles. The Kier molecular flexibility index (Phi) is 7.04. The Morgan fingerprint density at radius 2 is 1.76 bits per heavy atom. The summed E-state index contributed by atoms with van der Waals surface area (Å²) in [7, 11) is 0. The normalized spacial score (nSPS) is 14.9. The molecule has 0 aliphatic heterocycles. The van der Waals surface area contributed by atoms with Crippen LogP contribution in [-0.2, 0) is 26.2 Å². The Hall–Kier alpha value is -2.67. The maximum absolute atomic E-state index is 12.2. The summed E-state index contributed by atoms with van der Waals surface area (Å²) in [5.41, 5.74) is 1.55. The summed E-state index contributed by atoms with van der Waals surface area (Å²) >= 11 is 1.72. The number of carbonyl (C=O) groups is 3. The number of thiophene rings is 1. The number of amides is 3. The molecule has 0 unspecified atom stereocenters. The van der Waals surface area contributed by atoms with E-state index in [1.165, 1.54) is 4.88 Å². The predicted molar refractivity (Wildman–Crippen MR) is 115 cm³/mol. The van der Waals surface area contributed by atoms with E-state index in [4.69, 9.17) is 0 Å². The van der Waals surface area contributed by atoms with Crippen molar-refractivity contribution < 1.29 is 14.4 Å². The Balaban J connectivity index is 1.47. The van der Waals surface area contributed by atoms with Gasteiger partial charge >= 0.3 is 11.8 Å². The van der Waals surface area contributed by atoms with Gasteiger partial charge in [-0.3, -0.25) is 14.4 Å². The van der Waals surface area contributed by atoms with Gasteiger partial charge in [0.2, 0.25) is 5.91 Å². The van der Waals surface area contributed by atoms with Crippen LogP contribution < -0.4 is 16.0 Å². The van der Waals surface area contributed by atoms with Crippen molar-refractivity contribution >= 4 is 34.7 Å². The molecule has 154 valence electrons. The number of nitrogens with one attached hydrogen (secondary N) is 3. The van der Waals surface area contributed by atoms with Gasteiger partial charge in [0.05, 0.1) is 6.54 Å². The fraction of sp³-hybridized carbons (Fsp3) is 0.409. The third kappa shape index (κ3) is 5.23. The molecule has 0 bridgehead atoms. The van der Waals surface area contributed by atoms with Crippen molar-refractivity contribution in [3.63, 3.8) is 0 Å². The van der Waals surface area contributed by atoms with Gasteiger partial charge in [-0.15, -0.1) is 11.3 Å². The molecule has 3 N–H and O–H groups in total. The summed E-state index contributed by atoms with van der Waals surface area (Å²) in [5, 5.41) is 10.0. The molecule has 7 heteroatoms. The van der Waals surface area contributed by atoms with Crippen LogP contribution in [0.4, 0.5) is 5.69 Å². The highest BCUT2D eigenvalue weighted by atomic mass is 32.1. The number of anilines is 1. The predicted octanol–water partition coefficient (Wildman–Crippen LogP) is 2.99. The van der Waals surface area contributed by atoms with Crippen LogP contribution in [0.5, 0.6) is 0 Å². The molecule has 1 heterocycles. The molecule has 29 heavy (non-hydrogen) atoms. The molecule has 0 atom stereocenters. The van der Waals surface area contributed by atoms with E-state index in [0.717, 1.165) is 37.7 Å². The molecule has 0 spiro atoms. The molecule has 6 nitrogen and oxygen atoms in total. The second kappa shape index (κ2) is 9.69. The molecule has 3 amide bonds. The summed E-state index contributed by atoms with van der Waals surface area (Å²) in [6.45, 7) is 2.31. The zero-order valence-electron chi connectivity index (χ0n) is 16.6. The van der Waals surface area contributed by atoms with E-state index in [0.29, 0.717) is 12.2 Å². The second-order valence-corrected chi connectivity index (χ2v) is 8.34. The van der Waals surface area contributed by atoms with Crippen LogP contribution in [0.2, 0.25) is 0 Å². The maximum atomic E-state index is 12.2. The van der Waals surface area contributed by atoms with Crippen molar-refractivity contribution in [1.82, 2.24) is 10.6 Å². The van der Waals surface area contributed by atoms with Crippen molar-refractivity contribution in [2.75, 3.05) is 18.4 Å². The number of aryl methyl sites for hydroxylation is 1. The fourth-order valence-electron chi connectivity index (χ4n) is 3.84. The third-order valence-corrected chi connectivity index (χ3v) is 6.61. The molecule has 2 aromatic rings. The quantitative estimate of drug-likeness (QED) is 0.610. The van der Waals surface area contributed by atoms with E-state index in [1.807, 2.05) is 25.1 Å². The lowest BCUT2D eigenvalue weighted by Gasteiger charge is -2.28. The van der Waals surface area contributed by atoms with Crippen LogP contribution in [0.3, 0.4) is 0 Å². The Bertz CT molecular complexity index is 858. The zero-order chi connectivity index (χ0) is 20.7. The molecule has 3 rings (SSSR count). The monoisotopic (exact) mass is 413 g/mol. The van der Waals surface area contributed by atoms with Crippen LogP contribution >= 0.6 is 11.3 Å². The van der Waals surface area contributed by atoms with Gasteiger partial charge in [0.25, 0.3) is 0 Å². The Labute approximate surface area is 175 Å². The molecule has 1 aromatic carbocycles. The molecule has 1 fully saturated rings. The van der Waals surface area contributed by atoms with Gasteiger partial charge < -0.3 is 16.0 Å². The zero-order valence-corrected chi connectivity index (χ0v) is 17.4. The van der Waals surface area contributed by atoms with Crippen molar-refractivity contribution in [3.05, 3.63) is 52.2 Å². The smallest absolute Gasteiger partial charge is 0.313 e. The van der Waals surface area contributed by atoms with Crippen LogP contribution in [0.1, 0.15) is 43.0 Å². The summed E-state index contributed by atoms with van der Waals surface area (Å²) in [6, 6.07) is 11.5. The van der Waals surface area contributed by atoms with E-state index in [2.05, 4.69) is 27.4 Å². The van der Waals surface area contributed by atoms with Crippen LogP contribution in [0, 0.1) is 0 Å². The Morgan fingerprint density at radius 1 is 1.00 bits per heavy atom. The first-order valence-corrected chi connectivity index (χ1v) is 10.9. The SMILES string of the molecule is CCc1ccccc1NC(=O)C(=O)NCC(=O)NCC1(c2cccs2)CCCC1. The fourth-order valence-corrected chi connectivity index (χ4v) is 4.83. The first-order chi connectivity index (χ1) is 14.0. The van der Waals surface area contributed by atoms with E-state index in [9.17, 15) is 14.4 Å². The van der Waals surface area contributed by atoms with E-state index in [-0.39, 0.29) is 17.9 Å². The minimum absolute atomic E-state index is 0.00489. The van der Waals surface area contributed by atoms with Gasteiger partial charge in [-0.05, 0) is 42.3 Å². The topological polar surface area (TPSA) is 87.3 Å². The number of rotatable bonds is 7. The first kappa shape index (κ1) is 21.0. The number of hydrogen-bond acceptors (Lipinski definition) is 4. The largest absolute Gasteiger partial charge is 0.354 e. The lowest BCUT2D eigenvalue weighted by atomic mass is 9.84. The number of benzene rings is 1. The molecule has 0 radical (unpaired) electrons. The maximum Gasteiger partial charge on any atom is 0.313 e. The van der Waals surface area contributed by atoms with Crippen molar-refractivity contribution in [2.24, 2.45) is 0 Å². The molecular formula is C22H27N3O3S. The number of para-hydroxylation sites is 1. The number of hydrogen-bond donors (Lipinski definition) is 3.